The molecule has 5 heteroatoms. The minimum absolute atomic E-state index is 0.343. The topological polar surface area (TPSA) is 47.3 Å². The Morgan fingerprint density at radius 1 is 1.20 bits per heavy atom. The van der Waals surface area contributed by atoms with Crippen LogP contribution in [0.15, 0.2) is 48.5 Å². The summed E-state index contributed by atoms with van der Waals surface area (Å²) in [5.74, 6) is 5.18. The molecule has 0 saturated carbocycles. The number of hydrogen-bond donors (Lipinski definition) is 2. The summed E-state index contributed by atoms with van der Waals surface area (Å²) in [6.45, 7) is 0. The van der Waals surface area contributed by atoms with Crippen LogP contribution in [0.2, 0.25) is 5.02 Å². The highest BCUT2D eigenvalue weighted by molar-refractivity contribution is 6.30. The number of ether oxygens (including phenoxy) is 1. The number of hydrazine groups is 1. The van der Waals surface area contributed by atoms with E-state index in [1.807, 2.05) is 30.3 Å². The first-order chi connectivity index (χ1) is 9.67. The largest absolute Gasteiger partial charge is 0.375 e. The molecule has 0 aliphatic rings. The lowest BCUT2D eigenvalue weighted by Crippen LogP contribution is -2.34. The fourth-order valence-electron chi connectivity index (χ4n) is 2.20. The van der Waals surface area contributed by atoms with Crippen LogP contribution in [0.1, 0.15) is 23.3 Å². The Labute approximate surface area is 122 Å². The third-order valence-corrected chi connectivity index (χ3v) is 3.40. The zero-order chi connectivity index (χ0) is 14.5. The zero-order valence-corrected chi connectivity index (χ0v) is 11.8. The summed E-state index contributed by atoms with van der Waals surface area (Å²) < 4.78 is 19.6. The molecule has 0 amide bonds. The lowest BCUT2D eigenvalue weighted by atomic mass is 9.96. The van der Waals surface area contributed by atoms with Crippen molar-refractivity contribution in [2.75, 3.05) is 7.11 Å². The summed E-state index contributed by atoms with van der Waals surface area (Å²) >= 11 is 5.77. The predicted octanol–water partition coefficient (Wildman–Crippen LogP) is 3.37. The Hall–Kier alpha value is -1.46. The van der Waals surface area contributed by atoms with Gasteiger partial charge in [-0.15, -0.1) is 0 Å². The van der Waals surface area contributed by atoms with Crippen LogP contribution >= 0.6 is 11.6 Å². The molecular formula is C15H16ClFN2O. The second kappa shape index (κ2) is 6.81. The van der Waals surface area contributed by atoms with Gasteiger partial charge >= 0.3 is 0 Å². The number of methoxy groups -OCH3 is 1. The standard InChI is InChI=1S/C15H16ClFN2O/c1-20-15(10-5-3-2-4-6-10)14(19-18)12-8-7-11(16)9-13(12)17/h2-9,14-15,19H,18H2,1H3. The molecule has 2 aromatic carbocycles. The van der Waals surface area contributed by atoms with Crippen molar-refractivity contribution in [3.05, 3.63) is 70.5 Å². The molecule has 0 aromatic heterocycles. The van der Waals surface area contributed by atoms with Crippen LogP contribution in [-0.2, 0) is 4.74 Å². The van der Waals surface area contributed by atoms with Crippen molar-refractivity contribution in [2.24, 2.45) is 5.84 Å². The van der Waals surface area contributed by atoms with Crippen molar-refractivity contribution >= 4 is 11.6 Å². The van der Waals surface area contributed by atoms with Gasteiger partial charge in [0.05, 0.1) is 6.04 Å². The van der Waals surface area contributed by atoms with Gasteiger partial charge in [0.2, 0.25) is 0 Å². The van der Waals surface area contributed by atoms with Gasteiger partial charge in [-0.3, -0.25) is 5.84 Å². The first-order valence-corrected chi connectivity index (χ1v) is 6.54. The van der Waals surface area contributed by atoms with Crippen LogP contribution in [0, 0.1) is 5.82 Å². The molecule has 0 saturated heterocycles. The van der Waals surface area contributed by atoms with E-state index in [0.717, 1.165) is 5.56 Å². The van der Waals surface area contributed by atoms with Gasteiger partial charge in [0.25, 0.3) is 0 Å². The van der Waals surface area contributed by atoms with E-state index in [0.29, 0.717) is 10.6 Å². The fourth-order valence-corrected chi connectivity index (χ4v) is 2.36. The van der Waals surface area contributed by atoms with Gasteiger partial charge in [-0.2, -0.15) is 0 Å². The molecule has 0 aliphatic heterocycles. The Balaban J connectivity index is 2.39. The Morgan fingerprint density at radius 2 is 1.90 bits per heavy atom. The maximum atomic E-state index is 14.1. The van der Waals surface area contributed by atoms with Gasteiger partial charge < -0.3 is 4.74 Å². The summed E-state index contributed by atoms with van der Waals surface area (Å²) in [5, 5.41) is 0.343. The average molecular weight is 295 g/mol. The van der Waals surface area contributed by atoms with Crippen molar-refractivity contribution in [3.63, 3.8) is 0 Å². The Kier molecular flexibility index (Phi) is 5.09. The number of rotatable bonds is 5. The molecule has 2 aromatic rings. The normalized spacial score (nSPS) is 14.0. The highest BCUT2D eigenvalue weighted by Gasteiger charge is 2.26. The van der Waals surface area contributed by atoms with E-state index in [-0.39, 0.29) is 0 Å². The summed E-state index contributed by atoms with van der Waals surface area (Å²) in [5.41, 5.74) is 3.94. The van der Waals surface area contributed by atoms with E-state index in [4.69, 9.17) is 22.2 Å². The molecule has 0 radical (unpaired) electrons. The lowest BCUT2D eigenvalue weighted by molar-refractivity contribution is 0.0664. The van der Waals surface area contributed by atoms with Crippen molar-refractivity contribution < 1.29 is 9.13 Å². The molecular weight excluding hydrogens is 279 g/mol. The molecule has 0 aliphatic carbocycles. The summed E-state index contributed by atoms with van der Waals surface area (Å²) in [4.78, 5) is 0. The van der Waals surface area contributed by atoms with E-state index in [2.05, 4.69) is 5.43 Å². The molecule has 0 spiro atoms. The van der Waals surface area contributed by atoms with Gasteiger partial charge in [0.15, 0.2) is 0 Å². The van der Waals surface area contributed by atoms with Crippen LogP contribution in [0.5, 0.6) is 0 Å². The van der Waals surface area contributed by atoms with Gasteiger partial charge in [-0.1, -0.05) is 48.0 Å². The second-order valence-corrected chi connectivity index (χ2v) is 4.81. The van der Waals surface area contributed by atoms with Crippen LogP contribution < -0.4 is 11.3 Å². The fraction of sp³-hybridized carbons (Fsp3) is 0.200. The quantitative estimate of drug-likeness (QED) is 0.656. The summed E-state index contributed by atoms with van der Waals surface area (Å²) in [6.07, 6.45) is -0.406. The molecule has 106 valence electrons. The van der Waals surface area contributed by atoms with E-state index >= 15 is 0 Å². The molecule has 0 fully saturated rings. The van der Waals surface area contributed by atoms with E-state index in [1.165, 1.54) is 6.07 Å². The highest BCUT2D eigenvalue weighted by Crippen LogP contribution is 2.33. The molecule has 2 atom stereocenters. The van der Waals surface area contributed by atoms with Gasteiger partial charge in [-0.05, 0) is 17.7 Å². The molecule has 0 heterocycles. The monoisotopic (exact) mass is 294 g/mol. The first-order valence-electron chi connectivity index (χ1n) is 6.16. The molecule has 0 bridgehead atoms. The van der Waals surface area contributed by atoms with Crippen molar-refractivity contribution in [2.45, 2.75) is 12.1 Å². The molecule has 2 unspecified atom stereocenters. The van der Waals surface area contributed by atoms with Crippen LogP contribution in [0.25, 0.3) is 0 Å². The van der Waals surface area contributed by atoms with Crippen molar-refractivity contribution in [1.82, 2.24) is 5.43 Å². The van der Waals surface area contributed by atoms with E-state index in [9.17, 15) is 4.39 Å². The van der Waals surface area contributed by atoms with Crippen LogP contribution in [0.3, 0.4) is 0 Å². The summed E-state index contributed by atoms with van der Waals surface area (Å²) in [7, 11) is 1.57. The minimum atomic E-state index is -0.514. The maximum Gasteiger partial charge on any atom is 0.129 e. The third kappa shape index (κ3) is 3.16. The number of nitrogens with two attached hydrogens (primary N) is 1. The Bertz CT molecular complexity index is 565. The number of nitrogens with one attached hydrogen (secondary N) is 1. The van der Waals surface area contributed by atoms with Gasteiger partial charge in [0, 0.05) is 17.7 Å². The molecule has 20 heavy (non-hydrogen) atoms. The zero-order valence-electron chi connectivity index (χ0n) is 11.0. The number of halogens is 2. The highest BCUT2D eigenvalue weighted by atomic mass is 35.5. The third-order valence-electron chi connectivity index (χ3n) is 3.16. The SMILES string of the molecule is COC(c1ccccc1)C(NN)c1ccc(Cl)cc1F. The van der Waals surface area contributed by atoms with Gasteiger partial charge in [0.1, 0.15) is 11.9 Å². The molecule has 3 N–H and O–H groups in total. The van der Waals surface area contributed by atoms with Gasteiger partial charge in [-0.25, -0.2) is 9.82 Å². The van der Waals surface area contributed by atoms with E-state index < -0.39 is 18.0 Å². The number of benzene rings is 2. The Morgan fingerprint density at radius 3 is 2.45 bits per heavy atom. The predicted molar refractivity (Wildman–Crippen MR) is 77.7 cm³/mol. The lowest BCUT2D eigenvalue weighted by Gasteiger charge is -2.26. The minimum Gasteiger partial charge on any atom is -0.375 e. The van der Waals surface area contributed by atoms with Crippen LogP contribution in [-0.4, -0.2) is 7.11 Å². The first kappa shape index (κ1) is 14.9. The van der Waals surface area contributed by atoms with E-state index in [1.54, 1.807) is 19.2 Å². The van der Waals surface area contributed by atoms with Crippen LogP contribution in [0.4, 0.5) is 4.39 Å². The molecule has 2 rings (SSSR count). The van der Waals surface area contributed by atoms with Crippen molar-refractivity contribution in [1.29, 1.82) is 0 Å². The smallest absolute Gasteiger partial charge is 0.129 e. The summed E-state index contributed by atoms with van der Waals surface area (Å²) in [6, 6.07) is 13.5. The average Bonchev–Trinajstić information content (AvgIpc) is 2.46. The second-order valence-electron chi connectivity index (χ2n) is 4.38. The molecule has 3 nitrogen and oxygen atoms in total. The maximum absolute atomic E-state index is 14.1. The van der Waals surface area contributed by atoms with Crippen molar-refractivity contribution in [3.8, 4) is 0 Å². The number of hydrogen-bond acceptors (Lipinski definition) is 3.